The van der Waals surface area contributed by atoms with E-state index in [1.54, 1.807) is 6.92 Å². The molecule has 3 atom stereocenters. The Labute approximate surface area is 178 Å². The summed E-state index contributed by atoms with van der Waals surface area (Å²) in [5, 5.41) is 14.2. The van der Waals surface area contributed by atoms with Crippen molar-refractivity contribution in [1.82, 2.24) is 5.32 Å². The van der Waals surface area contributed by atoms with Gasteiger partial charge in [0.15, 0.2) is 0 Å². The van der Waals surface area contributed by atoms with Crippen molar-refractivity contribution in [1.29, 1.82) is 0 Å². The molecule has 0 amide bonds. The number of halogens is 1. The number of rotatable bonds is 5. The van der Waals surface area contributed by atoms with Crippen LogP contribution < -0.4 is 15.7 Å². The van der Waals surface area contributed by atoms with E-state index in [1.165, 1.54) is 12.8 Å². The zero-order valence-electron chi connectivity index (χ0n) is 17.1. The Balaban J connectivity index is 0.00000240. The molecule has 2 aliphatic rings. The van der Waals surface area contributed by atoms with Crippen LogP contribution in [0, 0.1) is 0 Å². The SMILES string of the molecule is CC(O)CNC1CCCCCC1Oc1cccc2oc(=O)c3c(c12)CCCC3.Cl. The van der Waals surface area contributed by atoms with Crippen LogP contribution in [0.3, 0.4) is 0 Å². The van der Waals surface area contributed by atoms with Crippen LogP contribution in [-0.2, 0) is 12.8 Å². The fourth-order valence-electron chi connectivity index (χ4n) is 4.69. The average molecular weight is 422 g/mol. The Bertz CT molecular complexity index is 879. The van der Waals surface area contributed by atoms with E-state index in [0.717, 1.165) is 67.2 Å². The summed E-state index contributed by atoms with van der Waals surface area (Å²) in [6.45, 7) is 2.38. The van der Waals surface area contributed by atoms with Crippen LogP contribution in [0.15, 0.2) is 27.4 Å². The Hall–Kier alpha value is -1.56. The second-order valence-electron chi connectivity index (χ2n) is 8.34. The van der Waals surface area contributed by atoms with Gasteiger partial charge in [-0.15, -0.1) is 12.4 Å². The summed E-state index contributed by atoms with van der Waals surface area (Å²) in [4.78, 5) is 12.4. The average Bonchev–Trinajstić information content (AvgIpc) is 2.91. The van der Waals surface area contributed by atoms with Gasteiger partial charge in [-0.05, 0) is 69.6 Å². The van der Waals surface area contributed by atoms with Gasteiger partial charge in [-0.2, -0.15) is 0 Å². The molecule has 1 aromatic heterocycles. The summed E-state index contributed by atoms with van der Waals surface area (Å²) in [7, 11) is 0. The molecule has 5 nitrogen and oxygen atoms in total. The van der Waals surface area contributed by atoms with E-state index in [9.17, 15) is 9.90 Å². The van der Waals surface area contributed by atoms with Crippen LogP contribution >= 0.6 is 12.4 Å². The lowest BCUT2D eigenvalue weighted by Gasteiger charge is -2.28. The monoisotopic (exact) mass is 421 g/mol. The molecule has 1 saturated carbocycles. The van der Waals surface area contributed by atoms with Gasteiger partial charge < -0.3 is 19.6 Å². The largest absolute Gasteiger partial charge is 0.488 e. The number of fused-ring (bicyclic) bond motifs is 3. The number of hydrogen-bond acceptors (Lipinski definition) is 5. The van der Waals surface area contributed by atoms with Crippen molar-refractivity contribution >= 4 is 23.4 Å². The molecule has 2 N–H and O–H groups in total. The number of nitrogens with one attached hydrogen (secondary N) is 1. The van der Waals surface area contributed by atoms with Gasteiger partial charge in [-0.25, -0.2) is 4.79 Å². The van der Waals surface area contributed by atoms with Gasteiger partial charge in [0.2, 0.25) is 0 Å². The number of benzene rings is 1. The van der Waals surface area contributed by atoms with Gasteiger partial charge >= 0.3 is 5.63 Å². The van der Waals surface area contributed by atoms with Gasteiger partial charge in [0.25, 0.3) is 0 Å². The van der Waals surface area contributed by atoms with Crippen molar-refractivity contribution in [3.63, 3.8) is 0 Å². The third-order valence-electron chi connectivity index (χ3n) is 6.11. The second kappa shape index (κ2) is 9.96. The summed E-state index contributed by atoms with van der Waals surface area (Å²) >= 11 is 0. The zero-order valence-corrected chi connectivity index (χ0v) is 17.9. The molecule has 1 heterocycles. The number of aryl methyl sites for hydroxylation is 1. The van der Waals surface area contributed by atoms with E-state index in [4.69, 9.17) is 9.15 Å². The standard InChI is InChI=1S/C23H31NO4.ClH/c1-15(25)14-24-18-10-3-2-4-11-19(18)27-20-12-7-13-21-22(20)16-8-5-6-9-17(16)23(26)28-21;/h7,12-13,15,18-19,24-25H,2-6,8-11,14H2,1H3;1H. The number of hydrogen-bond donors (Lipinski definition) is 2. The fraction of sp³-hybridized carbons (Fsp3) is 0.609. The molecule has 1 fully saturated rings. The smallest absolute Gasteiger partial charge is 0.339 e. The minimum Gasteiger partial charge on any atom is -0.488 e. The predicted octanol–water partition coefficient (Wildman–Crippen LogP) is 4.14. The van der Waals surface area contributed by atoms with Crippen molar-refractivity contribution in [3.8, 4) is 5.75 Å². The first-order valence-electron chi connectivity index (χ1n) is 10.8. The molecule has 4 rings (SSSR count). The molecular weight excluding hydrogens is 390 g/mol. The Kier molecular flexibility index (Phi) is 7.60. The van der Waals surface area contributed by atoms with Gasteiger partial charge in [0, 0.05) is 18.2 Å². The molecule has 0 aliphatic heterocycles. The maximum Gasteiger partial charge on any atom is 0.339 e. The van der Waals surface area contributed by atoms with E-state index in [0.29, 0.717) is 12.1 Å². The van der Waals surface area contributed by atoms with Crippen LogP contribution in [0.4, 0.5) is 0 Å². The van der Waals surface area contributed by atoms with E-state index in [2.05, 4.69) is 5.32 Å². The Morgan fingerprint density at radius 1 is 1.14 bits per heavy atom. The first-order valence-corrected chi connectivity index (χ1v) is 10.8. The minimum absolute atomic E-state index is 0. The normalized spacial score (nSPS) is 23.0. The van der Waals surface area contributed by atoms with Crippen LogP contribution in [-0.4, -0.2) is 29.9 Å². The van der Waals surface area contributed by atoms with E-state index >= 15 is 0 Å². The highest BCUT2D eigenvalue weighted by Crippen LogP contribution is 2.35. The molecule has 3 unspecified atom stereocenters. The quantitative estimate of drug-likeness (QED) is 0.560. The lowest BCUT2D eigenvalue weighted by Crippen LogP contribution is -2.44. The molecular formula is C23H32ClNO4. The Morgan fingerprint density at radius 2 is 1.90 bits per heavy atom. The van der Waals surface area contributed by atoms with Crippen molar-refractivity contribution in [2.75, 3.05) is 6.54 Å². The molecule has 2 aromatic rings. The van der Waals surface area contributed by atoms with E-state index in [-0.39, 0.29) is 36.3 Å². The van der Waals surface area contributed by atoms with Crippen molar-refractivity contribution in [2.45, 2.75) is 83.0 Å². The van der Waals surface area contributed by atoms with E-state index < -0.39 is 0 Å². The highest BCUT2D eigenvalue weighted by molar-refractivity contribution is 5.88. The molecule has 0 radical (unpaired) electrons. The molecule has 0 bridgehead atoms. The van der Waals surface area contributed by atoms with Gasteiger partial charge in [0.05, 0.1) is 11.5 Å². The van der Waals surface area contributed by atoms with Gasteiger partial charge in [0.1, 0.15) is 17.4 Å². The second-order valence-corrected chi connectivity index (χ2v) is 8.34. The van der Waals surface area contributed by atoms with Crippen LogP contribution in [0.2, 0.25) is 0 Å². The molecule has 6 heteroatoms. The van der Waals surface area contributed by atoms with E-state index in [1.807, 2.05) is 18.2 Å². The van der Waals surface area contributed by atoms with Crippen LogP contribution in [0.5, 0.6) is 5.75 Å². The molecule has 29 heavy (non-hydrogen) atoms. The minimum atomic E-state index is -0.372. The maximum atomic E-state index is 12.4. The summed E-state index contributed by atoms with van der Waals surface area (Å²) in [5.41, 5.74) is 2.39. The fourth-order valence-corrected chi connectivity index (χ4v) is 4.69. The van der Waals surface area contributed by atoms with Crippen molar-refractivity contribution in [2.24, 2.45) is 0 Å². The molecule has 160 valence electrons. The first kappa shape index (κ1) is 22.1. The topological polar surface area (TPSA) is 71.7 Å². The molecule has 0 saturated heterocycles. The lowest BCUT2D eigenvalue weighted by molar-refractivity contribution is 0.128. The number of aliphatic hydroxyl groups excluding tert-OH is 1. The lowest BCUT2D eigenvalue weighted by atomic mass is 9.90. The molecule has 1 aromatic carbocycles. The maximum absolute atomic E-state index is 12.4. The van der Waals surface area contributed by atoms with Gasteiger partial charge in [-0.1, -0.05) is 18.9 Å². The molecule has 0 spiro atoms. The summed E-state index contributed by atoms with van der Waals surface area (Å²) in [6.07, 6.45) is 9.11. The summed E-state index contributed by atoms with van der Waals surface area (Å²) in [5.74, 6) is 0.829. The van der Waals surface area contributed by atoms with Crippen molar-refractivity contribution < 1.29 is 14.3 Å². The summed E-state index contributed by atoms with van der Waals surface area (Å²) in [6, 6.07) is 6.01. The number of aliphatic hydroxyl groups is 1. The summed E-state index contributed by atoms with van der Waals surface area (Å²) < 4.78 is 12.2. The molecule has 2 aliphatic carbocycles. The third-order valence-corrected chi connectivity index (χ3v) is 6.11. The third kappa shape index (κ3) is 4.96. The van der Waals surface area contributed by atoms with Crippen molar-refractivity contribution in [3.05, 3.63) is 39.7 Å². The Morgan fingerprint density at radius 3 is 2.69 bits per heavy atom. The van der Waals surface area contributed by atoms with Gasteiger partial charge in [-0.3, -0.25) is 0 Å². The predicted molar refractivity (Wildman–Crippen MR) is 117 cm³/mol. The number of ether oxygens (including phenoxy) is 1. The zero-order chi connectivity index (χ0) is 19.5. The van der Waals surface area contributed by atoms with Crippen LogP contribution in [0.1, 0.15) is 63.0 Å². The highest BCUT2D eigenvalue weighted by Gasteiger charge is 2.27. The van der Waals surface area contributed by atoms with Crippen LogP contribution in [0.25, 0.3) is 11.0 Å². The first-order chi connectivity index (χ1) is 13.6. The highest BCUT2D eigenvalue weighted by atomic mass is 35.5.